The first-order valence-corrected chi connectivity index (χ1v) is 19.3. The minimum absolute atomic E-state index is 0.232. The first-order chi connectivity index (χ1) is 23.4. The minimum atomic E-state index is -5.11. The van der Waals surface area contributed by atoms with Crippen molar-refractivity contribution >= 4 is 16.3 Å². The normalized spacial score (nSPS) is 23.8. The molecule has 1 heterocycles. The SMILES string of the molecule is CCCC/C=C/CC/C=C/CC/C=C/C(O)C(COC1OC(CO)C(O)C(OS(=O)(=O)O)C1O)NC(=O)C(O)CCCCCCCCCC. The van der Waals surface area contributed by atoms with Crippen molar-refractivity contribution < 1.29 is 57.0 Å². The molecule has 1 aliphatic heterocycles. The number of ether oxygens (including phenoxy) is 2. The number of carbonyl (C=O) groups is 1. The highest BCUT2D eigenvalue weighted by Crippen LogP contribution is 2.26. The number of allylic oxidation sites excluding steroid dienone is 5. The number of nitrogens with one attached hydrogen (secondary N) is 1. The van der Waals surface area contributed by atoms with Gasteiger partial charge in [0.05, 0.1) is 25.4 Å². The molecule has 0 aromatic carbocycles. The molecule has 0 aromatic heterocycles. The number of carbonyl (C=O) groups excluding carboxylic acids is 1. The lowest BCUT2D eigenvalue weighted by molar-refractivity contribution is -0.298. The van der Waals surface area contributed by atoms with E-state index in [2.05, 4.69) is 47.7 Å². The molecule has 0 aliphatic carbocycles. The van der Waals surface area contributed by atoms with Crippen molar-refractivity contribution in [1.82, 2.24) is 5.32 Å². The van der Waals surface area contributed by atoms with E-state index in [-0.39, 0.29) is 6.42 Å². The number of amides is 1. The van der Waals surface area contributed by atoms with Crippen LogP contribution in [-0.2, 0) is 28.9 Å². The minimum Gasteiger partial charge on any atom is -0.394 e. The van der Waals surface area contributed by atoms with Crippen LogP contribution >= 0.6 is 0 Å². The Labute approximate surface area is 293 Å². The molecular formula is C35H63NO12S. The number of aliphatic hydroxyl groups excluding tert-OH is 5. The van der Waals surface area contributed by atoms with Crippen molar-refractivity contribution in [3.8, 4) is 0 Å². The van der Waals surface area contributed by atoms with Crippen LogP contribution in [0.3, 0.4) is 0 Å². The number of rotatable bonds is 28. The second kappa shape index (κ2) is 27.0. The Balaban J connectivity index is 2.81. The van der Waals surface area contributed by atoms with Crippen LogP contribution in [0.2, 0.25) is 0 Å². The van der Waals surface area contributed by atoms with Crippen LogP contribution in [0.1, 0.15) is 117 Å². The molecule has 1 rings (SSSR count). The number of unbranched alkanes of at least 4 members (excludes halogenated alkanes) is 11. The van der Waals surface area contributed by atoms with E-state index in [0.717, 1.165) is 51.4 Å². The highest BCUT2D eigenvalue weighted by atomic mass is 32.3. The standard InChI is InChI=1S/C35H63NO12S/c1-3-5-7-9-11-13-14-15-16-18-19-21-23-28(38)27(36-34(42)29(39)24-22-20-17-12-10-8-6-4-2)26-46-35-32(41)33(48-49(43,44)45)31(40)30(25-37)47-35/h9,11,15-16,21,23,27-33,35,37-41H,3-8,10,12-14,17-20,22,24-26H2,1-2H3,(H,36,42)(H,43,44,45)/b11-9+,16-15+,23-21+. The summed E-state index contributed by atoms with van der Waals surface area (Å²) in [4.78, 5) is 12.9. The summed E-state index contributed by atoms with van der Waals surface area (Å²) in [6.45, 7) is 3.04. The van der Waals surface area contributed by atoms with E-state index in [1.807, 2.05) is 0 Å². The Kier molecular flexibility index (Phi) is 25.0. The maximum absolute atomic E-state index is 12.9. The van der Waals surface area contributed by atoms with E-state index in [1.165, 1.54) is 38.2 Å². The van der Waals surface area contributed by atoms with E-state index in [1.54, 1.807) is 6.08 Å². The van der Waals surface area contributed by atoms with Gasteiger partial charge < -0.3 is 40.3 Å². The molecule has 7 N–H and O–H groups in total. The maximum Gasteiger partial charge on any atom is 0.397 e. The fraction of sp³-hybridized carbons (Fsp3) is 0.800. The average Bonchev–Trinajstić information content (AvgIpc) is 3.06. The van der Waals surface area contributed by atoms with Crippen molar-refractivity contribution in [1.29, 1.82) is 0 Å². The van der Waals surface area contributed by atoms with Gasteiger partial charge in [0.15, 0.2) is 6.29 Å². The summed E-state index contributed by atoms with van der Waals surface area (Å²) >= 11 is 0. The van der Waals surface area contributed by atoms with Crippen molar-refractivity contribution in [2.45, 2.75) is 166 Å². The topological polar surface area (TPSA) is 212 Å². The van der Waals surface area contributed by atoms with Gasteiger partial charge in [-0.25, -0.2) is 4.18 Å². The molecule has 0 bridgehead atoms. The van der Waals surface area contributed by atoms with Crippen molar-refractivity contribution in [3.63, 3.8) is 0 Å². The molecule has 0 saturated carbocycles. The Hall–Kier alpha value is -1.72. The summed E-state index contributed by atoms with van der Waals surface area (Å²) in [6, 6.07) is -1.14. The van der Waals surface area contributed by atoms with Crippen LogP contribution in [-0.4, -0.2) is 107 Å². The summed E-state index contributed by atoms with van der Waals surface area (Å²) in [5, 5.41) is 54.6. The van der Waals surface area contributed by atoms with Gasteiger partial charge in [-0.05, 0) is 38.5 Å². The largest absolute Gasteiger partial charge is 0.397 e. The van der Waals surface area contributed by atoms with Crippen LogP contribution in [0.25, 0.3) is 0 Å². The van der Waals surface area contributed by atoms with Gasteiger partial charge in [0.25, 0.3) is 0 Å². The third-order valence-electron chi connectivity index (χ3n) is 8.26. The van der Waals surface area contributed by atoms with Gasteiger partial charge in [-0.15, -0.1) is 0 Å². The zero-order valence-electron chi connectivity index (χ0n) is 29.4. The van der Waals surface area contributed by atoms with Gasteiger partial charge in [0, 0.05) is 0 Å². The molecule has 286 valence electrons. The van der Waals surface area contributed by atoms with Gasteiger partial charge in [-0.1, -0.05) is 115 Å². The molecule has 1 saturated heterocycles. The molecule has 0 spiro atoms. The lowest BCUT2D eigenvalue weighted by atomic mass is 9.99. The maximum atomic E-state index is 12.9. The Morgan fingerprint density at radius 1 is 0.816 bits per heavy atom. The third-order valence-corrected chi connectivity index (χ3v) is 8.72. The van der Waals surface area contributed by atoms with Crippen LogP contribution in [0.5, 0.6) is 0 Å². The predicted octanol–water partition coefficient (Wildman–Crippen LogP) is 3.79. The van der Waals surface area contributed by atoms with Crippen LogP contribution in [0.4, 0.5) is 0 Å². The van der Waals surface area contributed by atoms with Crippen molar-refractivity contribution in [2.24, 2.45) is 0 Å². The fourth-order valence-electron chi connectivity index (χ4n) is 5.30. The van der Waals surface area contributed by atoms with Gasteiger partial charge in [-0.3, -0.25) is 9.35 Å². The van der Waals surface area contributed by atoms with E-state index in [4.69, 9.17) is 14.0 Å². The highest BCUT2D eigenvalue weighted by Gasteiger charge is 2.48. The summed E-state index contributed by atoms with van der Waals surface area (Å²) in [6.07, 6.45) is 15.6. The molecule has 1 amide bonds. The first kappa shape index (κ1) is 45.3. The molecule has 0 radical (unpaired) electrons. The second-order valence-electron chi connectivity index (χ2n) is 12.6. The third kappa shape index (κ3) is 20.7. The molecule has 8 atom stereocenters. The quantitative estimate of drug-likeness (QED) is 0.0350. The lowest BCUT2D eigenvalue weighted by Gasteiger charge is -2.41. The number of aliphatic hydroxyl groups is 5. The summed E-state index contributed by atoms with van der Waals surface area (Å²) in [5.74, 6) is -0.725. The Morgan fingerprint density at radius 3 is 1.94 bits per heavy atom. The zero-order valence-corrected chi connectivity index (χ0v) is 30.2. The zero-order chi connectivity index (χ0) is 36.5. The molecule has 0 aromatic rings. The molecule has 1 aliphatic rings. The van der Waals surface area contributed by atoms with Crippen molar-refractivity contribution in [3.05, 3.63) is 36.5 Å². The predicted molar refractivity (Wildman–Crippen MR) is 187 cm³/mol. The second-order valence-corrected chi connectivity index (χ2v) is 13.6. The summed E-state index contributed by atoms with van der Waals surface area (Å²) in [5.41, 5.74) is 0. The highest BCUT2D eigenvalue weighted by molar-refractivity contribution is 7.80. The smallest absolute Gasteiger partial charge is 0.394 e. The summed E-state index contributed by atoms with van der Waals surface area (Å²) in [7, 11) is -5.11. The molecule has 1 fully saturated rings. The molecule has 49 heavy (non-hydrogen) atoms. The molecule has 13 nitrogen and oxygen atoms in total. The van der Waals surface area contributed by atoms with E-state index < -0.39 is 78.5 Å². The number of hydrogen-bond acceptors (Lipinski definition) is 11. The molecule has 14 heteroatoms. The Morgan fingerprint density at radius 2 is 1.37 bits per heavy atom. The van der Waals surface area contributed by atoms with Crippen molar-refractivity contribution in [2.75, 3.05) is 13.2 Å². The van der Waals surface area contributed by atoms with E-state index in [0.29, 0.717) is 12.8 Å². The van der Waals surface area contributed by atoms with Gasteiger partial charge >= 0.3 is 10.4 Å². The molecular weight excluding hydrogens is 658 g/mol. The Bertz CT molecular complexity index is 1050. The lowest BCUT2D eigenvalue weighted by Crippen LogP contribution is -2.61. The average molecular weight is 722 g/mol. The van der Waals surface area contributed by atoms with Gasteiger partial charge in [0.1, 0.15) is 30.5 Å². The molecule has 8 unspecified atom stereocenters. The van der Waals surface area contributed by atoms with Crippen LogP contribution in [0, 0.1) is 0 Å². The van der Waals surface area contributed by atoms with Crippen LogP contribution < -0.4 is 5.32 Å². The van der Waals surface area contributed by atoms with Gasteiger partial charge in [0.2, 0.25) is 5.91 Å². The fourth-order valence-corrected chi connectivity index (χ4v) is 5.81. The van der Waals surface area contributed by atoms with E-state index >= 15 is 0 Å². The van der Waals surface area contributed by atoms with Crippen LogP contribution in [0.15, 0.2) is 36.5 Å². The first-order valence-electron chi connectivity index (χ1n) is 18.0. The van der Waals surface area contributed by atoms with Gasteiger partial charge in [-0.2, -0.15) is 8.42 Å². The summed E-state index contributed by atoms with van der Waals surface area (Å²) < 4.78 is 47.1. The number of hydrogen-bond donors (Lipinski definition) is 7. The monoisotopic (exact) mass is 721 g/mol. The van der Waals surface area contributed by atoms with E-state index in [9.17, 15) is 38.7 Å².